The number of aryl methyl sites for hydroxylation is 2. The van der Waals surface area contributed by atoms with Crippen LogP contribution in [0.4, 0.5) is 0 Å². The molecule has 1 amide bonds. The van der Waals surface area contributed by atoms with E-state index in [1.165, 1.54) is 16.7 Å². The number of amides is 1. The minimum Gasteiger partial charge on any atom is -0.347 e. The first-order chi connectivity index (χ1) is 15.7. The van der Waals surface area contributed by atoms with Gasteiger partial charge in [-0.2, -0.15) is 0 Å². The quantitative estimate of drug-likeness (QED) is 0.544. The van der Waals surface area contributed by atoms with Crippen LogP contribution in [0.3, 0.4) is 0 Å². The van der Waals surface area contributed by atoms with Crippen LogP contribution in [0.1, 0.15) is 47.7 Å². The van der Waals surface area contributed by atoms with Gasteiger partial charge in [-0.25, -0.2) is 0 Å². The highest BCUT2D eigenvalue weighted by atomic mass is 16.1. The van der Waals surface area contributed by atoms with E-state index in [0.717, 1.165) is 44.6 Å². The van der Waals surface area contributed by atoms with E-state index in [4.69, 9.17) is 0 Å². The topological polar surface area (TPSA) is 45.2 Å². The Hall–Kier alpha value is -2.98. The highest BCUT2D eigenvalue weighted by Gasteiger charge is 2.30. The van der Waals surface area contributed by atoms with E-state index >= 15 is 0 Å². The minimum atomic E-state index is -0.0558. The van der Waals surface area contributed by atoms with Crippen molar-refractivity contribution in [3.63, 3.8) is 0 Å². The van der Waals surface area contributed by atoms with Crippen LogP contribution in [0.25, 0.3) is 0 Å². The number of aromatic nitrogens is 1. The van der Waals surface area contributed by atoms with Crippen molar-refractivity contribution in [2.45, 2.75) is 45.2 Å². The number of hydrogen-bond donors (Lipinski definition) is 1. The summed E-state index contributed by atoms with van der Waals surface area (Å²) in [6, 6.07) is 24.9. The number of carbonyl (C=O) groups excluding carboxylic acids is 1. The lowest BCUT2D eigenvalue weighted by Crippen LogP contribution is -2.43. The molecule has 2 heterocycles. The second-order valence-electron chi connectivity index (χ2n) is 8.91. The van der Waals surface area contributed by atoms with E-state index in [1.807, 2.05) is 42.6 Å². The Balaban J connectivity index is 1.43. The zero-order chi connectivity index (χ0) is 22.2. The maximum Gasteiger partial charge on any atom is 0.220 e. The van der Waals surface area contributed by atoms with Crippen molar-refractivity contribution in [2.24, 2.45) is 5.92 Å². The Bertz CT molecular complexity index is 990. The maximum absolute atomic E-state index is 12.9. The summed E-state index contributed by atoms with van der Waals surface area (Å²) >= 11 is 0. The van der Waals surface area contributed by atoms with Gasteiger partial charge in [0.25, 0.3) is 0 Å². The van der Waals surface area contributed by atoms with Gasteiger partial charge in [0.2, 0.25) is 5.91 Å². The number of carbonyl (C=O) groups is 1. The summed E-state index contributed by atoms with van der Waals surface area (Å²) in [5.74, 6) is 0.449. The van der Waals surface area contributed by atoms with Gasteiger partial charge in [-0.3, -0.25) is 14.7 Å². The molecule has 32 heavy (non-hydrogen) atoms. The van der Waals surface area contributed by atoms with Gasteiger partial charge in [0.1, 0.15) is 0 Å². The van der Waals surface area contributed by atoms with E-state index in [2.05, 4.69) is 58.5 Å². The van der Waals surface area contributed by atoms with Gasteiger partial charge >= 0.3 is 0 Å². The van der Waals surface area contributed by atoms with Crippen molar-refractivity contribution in [1.29, 1.82) is 0 Å². The van der Waals surface area contributed by atoms with Crippen LogP contribution < -0.4 is 5.32 Å². The number of rotatable bonds is 8. The van der Waals surface area contributed by atoms with Crippen molar-refractivity contribution in [3.05, 3.63) is 101 Å². The number of nitrogens with one attached hydrogen (secondary N) is 1. The zero-order valence-electron chi connectivity index (χ0n) is 18.9. The van der Waals surface area contributed by atoms with Crippen LogP contribution in [-0.4, -0.2) is 28.9 Å². The smallest absolute Gasteiger partial charge is 0.220 e. The van der Waals surface area contributed by atoms with Crippen LogP contribution >= 0.6 is 0 Å². The summed E-state index contributed by atoms with van der Waals surface area (Å²) < 4.78 is 0. The highest BCUT2D eigenvalue weighted by Crippen LogP contribution is 2.30. The molecule has 1 aromatic heterocycles. The molecule has 3 aromatic rings. The predicted octanol–water partition coefficient (Wildman–Crippen LogP) is 5.09. The molecule has 0 bridgehead atoms. The average molecular weight is 428 g/mol. The number of piperidine rings is 1. The molecule has 0 radical (unpaired) electrons. The van der Waals surface area contributed by atoms with Gasteiger partial charge in [0, 0.05) is 25.7 Å². The zero-order valence-corrected chi connectivity index (χ0v) is 18.9. The van der Waals surface area contributed by atoms with Crippen LogP contribution in [0.2, 0.25) is 0 Å². The Morgan fingerprint density at radius 2 is 1.88 bits per heavy atom. The van der Waals surface area contributed by atoms with Gasteiger partial charge in [0.05, 0.1) is 11.7 Å². The van der Waals surface area contributed by atoms with Crippen LogP contribution in [0.15, 0.2) is 79.0 Å². The third-order valence-electron chi connectivity index (χ3n) is 6.31. The molecule has 1 N–H and O–H groups in total. The van der Waals surface area contributed by atoms with E-state index in [0.29, 0.717) is 12.3 Å². The molecule has 0 unspecified atom stereocenters. The van der Waals surface area contributed by atoms with Crippen molar-refractivity contribution in [3.8, 4) is 0 Å². The predicted molar refractivity (Wildman–Crippen MR) is 129 cm³/mol. The maximum atomic E-state index is 12.9. The number of hydrogen-bond acceptors (Lipinski definition) is 3. The molecular formula is C28H33N3O. The number of benzene rings is 2. The van der Waals surface area contributed by atoms with Gasteiger partial charge in [-0.1, -0.05) is 66.2 Å². The van der Waals surface area contributed by atoms with E-state index < -0.39 is 0 Å². The van der Waals surface area contributed by atoms with Crippen molar-refractivity contribution >= 4 is 5.91 Å². The summed E-state index contributed by atoms with van der Waals surface area (Å²) in [6.45, 7) is 5.16. The summed E-state index contributed by atoms with van der Waals surface area (Å²) in [7, 11) is 0. The van der Waals surface area contributed by atoms with Gasteiger partial charge < -0.3 is 5.32 Å². The first kappa shape index (κ1) is 22.2. The van der Waals surface area contributed by atoms with Crippen LogP contribution in [0.5, 0.6) is 0 Å². The van der Waals surface area contributed by atoms with Crippen molar-refractivity contribution in [1.82, 2.24) is 15.2 Å². The first-order valence-corrected chi connectivity index (χ1v) is 11.7. The molecular weight excluding hydrogens is 394 g/mol. The lowest BCUT2D eigenvalue weighted by molar-refractivity contribution is -0.122. The fraction of sp³-hybridized carbons (Fsp3) is 0.357. The number of nitrogens with zero attached hydrogens (tertiary/aromatic N) is 2. The molecule has 4 heteroatoms. The summed E-state index contributed by atoms with van der Waals surface area (Å²) in [5.41, 5.74) is 4.81. The van der Waals surface area contributed by atoms with Gasteiger partial charge in [-0.05, 0) is 61.9 Å². The molecule has 4 rings (SSSR count). The molecule has 1 aliphatic heterocycles. The third-order valence-corrected chi connectivity index (χ3v) is 6.31. The Morgan fingerprint density at radius 1 is 1.06 bits per heavy atom. The standard InChI is InChI=1S/C28H33N3O/c1-22-9-7-12-24(19-22)20-31-18-8-13-25(21-31)28(26-14-5-6-17-29-26)30-27(32)16-15-23-10-3-2-4-11-23/h2-7,9-12,14,17,19,25,28H,8,13,15-16,18,20-21H2,1H3,(H,30,32)/t25-,28-/m0/s1. The molecule has 0 spiro atoms. The minimum absolute atomic E-state index is 0.0558. The molecule has 1 aliphatic rings. The second-order valence-corrected chi connectivity index (χ2v) is 8.91. The number of likely N-dealkylation sites (tertiary alicyclic amines) is 1. The lowest BCUT2D eigenvalue weighted by Gasteiger charge is -2.37. The second kappa shape index (κ2) is 11.1. The molecule has 2 atom stereocenters. The van der Waals surface area contributed by atoms with E-state index in [-0.39, 0.29) is 11.9 Å². The lowest BCUT2D eigenvalue weighted by atomic mass is 9.88. The van der Waals surface area contributed by atoms with Crippen molar-refractivity contribution < 1.29 is 4.79 Å². The average Bonchev–Trinajstić information content (AvgIpc) is 2.83. The Morgan fingerprint density at radius 3 is 2.66 bits per heavy atom. The third kappa shape index (κ3) is 6.27. The molecule has 1 saturated heterocycles. The van der Waals surface area contributed by atoms with Crippen LogP contribution in [-0.2, 0) is 17.8 Å². The molecule has 0 saturated carbocycles. The molecule has 2 aromatic carbocycles. The van der Waals surface area contributed by atoms with E-state index in [1.54, 1.807) is 0 Å². The summed E-state index contributed by atoms with van der Waals surface area (Å²) in [5, 5.41) is 3.34. The molecule has 4 nitrogen and oxygen atoms in total. The Labute approximate surface area is 191 Å². The number of pyridine rings is 1. The Kier molecular flexibility index (Phi) is 7.68. The van der Waals surface area contributed by atoms with Gasteiger partial charge in [0.15, 0.2) is 0 Å². The normalized spacial score (nSPS) is 17.6. The molecule has 0 aliphatic carbocycles. The fourth-order valence-corrected chi connectivity index (χ4v) is 4.72. The van der Waals surface area contributed by atoms with Crippen molar-refractivity contribution in [2.75, 3.05) is 13.1 Å². The SMILES string of the molecule is Cc1cccc(CN2CCC[C@H]([C@H](NC(=O)CCc3ccccc3)c3ccccn3)C2)c1. The first-order valence-electron chi connectivity index (χ1n) is 11.7. The fourth-order valence-electron chi connectivity index (χ4n) is 4.72. The van der Waals surface area contributed by atoms with Gasteiger partial charge in [-0.15, -0.1) is 0 Å². The van der Waals surface area contributed by atoms with E-state index in [9.17, 15) is 4.79 Å². The summed E-state index contributed by atoms with van der Waals surface area (Å²) in [6.07, 6.45) is 5.31. The highest BCUT2D eigenvalue weighted by molar-refractivity contribution is 5.76. The largest absolute Gasteiger partial charge is 0.347 e. The molecule has 1 fully saturated rings. The monoisotopic (exact) mass is 427 g/mol. The summed E-state index contributed by atoms with van der Waals surface area (Å²) in [4.78, 5) is 20.0. The molecule has 166 valence electrons. The van der Waals surface area contributed by atoms with Crippen LogP contribution in [0, 0.1) is 12.8 Å².